The maximum Gasteiger partial charge on any atom is 0.410 e. The highest BCUT2D eigenvalue weighted by Gasteiger charge is 2.37. The number of benzene rings is 1. The molecule has 0 bridgehead atoms. The fourth-order valence-corrected chi connectivity index (χ4v) is 2.74. The van der Waals surface area contributed by atoms with Crippen LogP contribution in [0.2, 0.25) is 0 Å². The standard InChI is InChI=1S/C19H27NO5/c1-18(2,3)25-16(21)13-19(23)9-11-20(12-10-19)17(22)24-14-15-7-5-4-6-8-15/h4-8,23H,9-14H2,1-3H3. The summed E-state index contributed by atoms with van der Waals surface area (Å²) >= 11 is 0. The average molecular weight is 349 g/mol. The topological polar surface area (TPSA) is 76.1 Å². The molecule has 0 radical (unpaired) electrons. The molecular formula is C19H27NO5. The Hall–Kier alpha value is -2.08. The summed E-state index contributed by atoms with van der Waals surface area (Å²) in [5.74, 6) is -0.421. The Kier molecular flexibility index (Phi) is 6.06. The van der Waals surface area contributed by atoms with Crippen molar-refractivity contribution in [3.63, 3.8) is 0 Å². The first-order valence-electron chi connectivity index (χ1n) is 8.57. The summed E-state index contributed by atoms with van der Waals surface area (Å²) < 4.78 is 10.6. The molecule has 1 aliphatic heterocycles. The van der Waals surface area contributed by atoms with Gasteiger partial charge in [0.1, 0.15) is 12.2 Å². The largest absolute Gasteiger partial charge is 0.460 e. The number of ether oxygens (including phenoxy) is 2. The number of piperidine rings is 1. The lowest BCUT2D eigenvalue weighted by Gasteiger charge is -2.37. The Morgan fingerprint density at radius 1 is 1.16 bits per heavy atom. The fraction of sp³-hybridized carbons (Fsp3) is 0.579. The summed E-state index contributed by atoms with van der Waals surface area (Å²) in [5, 5.41) is 10.6. The fourth-order valence-electron chi connectivity index (χ4n) is 2.74. The van der Waals surface area contributed by atoms with Crippen LogP contribution >= 0.6 is 0 Å². The molecule has 0 atom stereocenters. The lowest BCUT2D eigenvalue weighted by atomic mass is 9.88. The minimum absolute atomic E-state index is 0.0584. The summed E-state index contributed by atoms with van der Waals surface area (Å²) in [5.41, 5.74) is -0.775. The van der Waals surface area contributed by atoms with Crippen molar-refractivity contribution >= 4 is 12.1 Å². The van der Waals surface area contributed by atoms with E-state index >= 15 is 0 Å². The molecule has 1 heterocycles. The molecule has 6 heteroatoms. The predicted octanol–water partition coefficient (Wildman–Crippen LogP) is 2.88. The number of hydrogen-bond donors (Lipinski definition) is 1. The molecule has 0 spiro atoms. The van der Waals surface area contributed by atoms with Gasteiger partial charge >= 0.3 is 12.1 Å². The van der Waals surface area contributed by atoms with Crippen LogP contribution in [0.25, 0.3) is 0 Å². The molecule has 0 aromatic heterocycles. The predicted molar refractivity (Wildman–Crippen MR) is 92.8 cm³/mol. The van der Waals surface area contributed by atoms with Crippen molar-refractivity contribution in [2.75, 3.05) is 13.1 Å². The second kappa shape index (κ2) is 7.87. The van der Waals surface area contributed by atoms with Crippen molar-refractivity contribution in [3.8, 4) is 0 Å². The monoisotopic (exact) mass is 349 g/mol. The molecule has 138 valence electrons. The molecule has 0 unspecified atom stereocenters. The van der Waals surface area contributed by atoms with Gasteiger partial charge in [-0.1, -0.05) is 30.3 Å². The van der Waals surface area contributed by atoms with E-state index in [1.165, 1.54) is 0 Å². The second-order valence-corrected chi connectivity index (χ2v) is 7.51. The Morgan fingerprint density at radius 3 is 2.32 bits per heavy atom. The van der Waals surface area contributed by atoms with Crippen molar-refractivity contribution in [2.45, 2.75) is 57.8 Å². The number of carbonyl (C=O) groups is 2. The van der Waals surface area contributed by atoms with Gasteiger partial charge in [0.05, 0.1) is 12.0 Å². The second-order valence-electron chi connectivity index (χ2n) is 7.51. The van der Waals surface area contributed by atoms with E-state index in [-0.39, 0.29) is 13.0 Å². The van der Waals surface area contributed by atoms with Crippen molar-refractivity contribution in [1.29, 1.82) is 0 Å². The van der Waals surface area contributed by atoms with E-state index in [4.69, 9.17) is 9.47 Å². The van der Waals surface area contributed by atoms with E-state index in [2.05, 4.69) is 0 Å². The van der Waals surface area contributed by atoms with Gasteiger partial charge < -0.3 is 19.5 Å². The SMILES string of the molecule is CC(C)(C)OC(=O)CC1(O)CCN(C(=O)OCc2ccccc2)CC1. The van der Waals surface area contributed by atoms with Gasteiger partial charge in [0.15, 0.2) is 0 Å². The van der Waals surface area contributed by atoms with E-state index in [1.807, 2.05) is 30.3 Å². The number of amides is 1. The summed E-state index contributed by atoms with van der Waals surface area (Å²) in [6.45, 7) is 6.30. The quantitative estimate of drug-likeness (QED) is 0.846. The molecule has 1 saturated heterocycles. The van der Waals surface area contributed by atoms with Crippen LogP contribution in [-0.2, 0) is 20.9 Å². The Morgan fingerprint density at radius 2 is 1.76 bits per heavy atom. The highest BCUT2D eigenvalue weighted by molar-refractivity contribution is 5.71. The zero-order valence-electron chi connectivity index (χ0n) is 15.2. The normalized spacial score (nSPS) is 17.0. The first-order chi connectivity index (χ1) is 11.7. The highest BCUT2D eigenvalue weighted by Crippen LogP contribution is 2.27. The number of esters is 1. The Bertz CT molecular complexity index is 586. The van der Waals surface area contributed by atoms with E-state index in [9.17, 15) is 14.7 Å². The first-order valence-corrected chi connectivity index (χ1v) is 8.57. The molecule has 2 rings (SSSR count). The first kappa shape index (κ1) is 19.2. The molecule has 1 N–H and O–H groups in total. The number of rotatable bonds is 4. The minimum Gasteiger partial charge on any atom is -0.460 e. The summed E-state index contributed by atoms with van der Waals surface area (Å²) in [4.78, 5) is 25.6. The van der Waals surface area contributed by atoms with Crippen molar-refractivity contribution < 1.29 is 24.2 Å². The zero-order valence-corrected chi connectivity index (χ0v) is 15.2. The van der Waals surface area contributed by atoms with Gasteiger partial charge in [0.2, 0.25) is 0 Å². The average Bonchev–Trinajstić information content (AvgIpc) is 2.52. The number of hydrogen-bond acceptors (Lipinski definition) is 5. The lowest BCUT2D eigenvalue weighted by Crippen LogP contribution is -2.48. The van der Waals surface area contributed by atoms with Crippen LogP contribution in [0.15, 0.2) is 30.3 Å². The molecule has 1 aromatic rings. The van der Waals surface area contributed by atoms with Crippen LogP contribution in [0, 0.1) is 0 Å². The highest BCUT2D eigenvalue weighted by atomic mass is 16.6. The van der Waals surface area contributed by atoms with Crippen LogP contribution in [0.4, 0.5) is 4.79 Å². The van der Waals surface area contributed by atoms with E-state index in [0.29, 0.717) is 25.9 Å². The van der Waals surface area contributed by atoms with Gasteiger partial charge in [0.25, 0.3) is 0 Å². The van der Waals surface area contributed by atoms with Gasteiger partial charge in [-0.15, -0.1) is 0 Å². The number of likely N-dealkylation sites (tertiary alicyclic amines) is 1. The molecule has 0 aliphatic carbocycles. The third-order valence-corrected chi connectivity index (χ3v) is 4.05. The summed E-state index contributed by atoms with van der Waals surface area (Å²) in [6.07, 6.45) is 0.194. The van der Waals surface area contributed by atoms with Gasteiger partial charge in [-0.3, -0.25) is 4.79 Å². The maximum atomic E-state index is 12.1. The van der Waals surface area contributed by atoms with Crippen molar-refractivity contribution in [3.05, 3.63) is 35.9 Å². The smallest absolute Gasteiger partial charge is 0.410 e. The number of aliphatic hydroxyl groups is 1. The third-order valence-electron chi connectivity index (χ3n) is 4.05. The van der Waals surface area contributed by atoms with Gasteiger partial charge in [-0.25, -0.2) is 4.79 Å². The van der Waals surface area contributed by atoms with Crippen LogP contribution < -0.4 is 0 Å². The zero-order chi connectivity index (χ0) is 18.5. The van der Waals surface area contributed by atoms with Gasteiger partial charge in [-0.2, -0.15) is 0 Å². The van der Waals surface area contributed by atoms with Crippen LogP contribution in [0.3, 0.4) is 0 Å². The Balaban J connectivity index is 1.78. The summed E-state index contributed by atoms with van der Waals surface area (Å²) in [6, 6.07) is 9.47. The van der Waals surface area contributed by atoms with E-state index in [0.717, 1.165) is 5.56 Å². The van der Waals surface area contributed by atoms with Gasteiger partial charge in [-0.05, 0) is 39.2 Å². The van der Waals surface area contributed by atoms with Gasteiger partial charge in [0, 0.05) is 13.1 Å². The lowest BCUT2D eigenvalue weighted by molar-refractivity contribution is -0.161. The molecular weight excluding hydrogens is 322 g/mol. The number of nitrogens with zero attached hydrogens (tertiary/aromatic N) is 1. The molecule has 0 saturated carbocycles. The van der Waals surface area contributed by atoms with Crippen LogP contribution in [-0.4, -0.2) is 46.4 Å². The van der Waals surface area contributed by atoms with E-state index < -0.39 is 23.3 Å². The maximum absolute atomic E-state index is 12.1. The van der Waals surface area contributed by atoms with Crippen LogP contribution in [0.1, 0.15) is 45.6 Å². The van der Waals surface area contributed by atoms with Crippen molar-refractivity contribution in [1.82, 2.24) is 4.90 Å². The van der Waals surface area contributed by atoms with Crippen molar-refractivity contribution in [2.24, 2.45) is 0 Å². The third kappa shape index (κ3) is 6.38. The minimum atomic E-state index is -1.13. The molecule has 1 aliphatic rings. The molecule has 1 aromatic carbocycles. The molecule has 6 nitrogen and oxygen atoms in total. The van der Waals surface area contributed by atoms with Crippen LogP contribution in [0.5, 0.6) is 0 Å². The molecule has 1 amide bonds. The molecule has 25 heavy (non-hydrogen) atoms. The number of carbonyl (C=O) groups excluding carboxylic acids is 2. The Labute approximate surface area is 148 Å². The molecule has 1 fully saturated rings. The summed E-state index contributed by atoms with van der Waals surface area (Å²) in [7, 11) is 0. The van der Waals surface area contributed by atoms with E-state index in [1.54, 1.807) is 25.7 Å².